The second kappa shape index (κ2) is 11.9. The van der Waals surface area contributed by atoms with Crippen LogP contribution in [0.4, 0.5) is 5.82 Å². The minimum Gasteiger partial charge on any atom is -0.370 e. The molecule has 0 saturated carbocycles. The maximum Gasteiger partial charge on any atom is 0.247 e. The highest BCUT2D eigenvalue weighted by atomic mass is 35.5. The van der Waals surface area contributed by atoms with Crippen molar-refractivity contribution in [2.24, 2.45) is 7.05 Å². The molecule has 1 heterocycles. The minimum absolute atomic E-state index is 0.0237. The average molecular weight is 488 g/mol. The zero-order chi connectivity index (χ0) is 24.6. The number of nitrogens with zero attached hydrogens (tertiary/aromatic N) is 3. The fourth-order valence-electron chi connectivity index (χ4n) is 4.18. The van der Waals surface area contributed by atoms with Crippen LogP contribution in [0, 0.1) is 0 Å². The molecule has 0 unspecified atom stereocenters. The van der Waals surface area contributed by atoms with Gasteiger partial charge < -0.3 is 10.6 Å². The van der Waals surface area contributed by atoms with Crippen molar-refractivity contribution < 1.29 is 4.79 Å². The van der Waals surface area contributed by atoms with Gasteiger partial charge in [-0.15, -0.1) is 0 Å². The number of anilines is 1. The van der Waals surface area contributed by atoms with Gasteiger partial charge in [-0.3, -0.25) is 14.5 Å². The molecule has 180 valence electrons. The molecule has 2 N–H and O–H groups in total. The van der Waals surface area contributed by atoms with Crippen molar-refractivity contribution in [2.75, 3.05) is 18.4 Å². The van der Waals surface area contributed by atoms with Gasteiger partial charge in [-0.25, -0.2) is 0 Å². The highest BCUT2D eigenvalue weighted by Crippen LogP contribution is 2.29. The molecule has 8 heteroatoms. The second-order valence-electron chi connectivity index (χ2n) is 8.79. The third-order valence-electron chi connectivity index (χ3n) is 6.11. The molecule has 0 aliphatic heterocycles. The number of carbonyl (C=O) groups is 1. The van der Waals surface area contributed by atoms with E-state index in [1.54, 1.807) is 17.1 Å². The van der Waals surface area contributed by atoms with Crippen LogP contribution in [0.3, 0.4) is 0 Å². The predicted octanol–water partition coefficient (Wildman–Crippen LogP) is 1.84. The van der Waals surface area contributed by atoms with E-state index in [1.807, 2.05) is 45.2 Å². The molecule has 0 fully saturated rings. The molecule has 2 aliphatic carbocycles. The summed E-state index contributed by atoms with van der Waals surface area (Å²) in [5.41, 5.74) is 3.55. The molecule has 0 atom stereocenters. The molecule has 1 amide bonds. The Morgan fingerprint density at radius 1 is 1.17 bits per heavy atom. The van der Waals surface area contributed by atoms with E-state index in [1.165, 1.54) is 0 Å². The Kier molecular flexibility index (Phi) is 8.43. The molecule has 0 saturated heterocycles. The van der Waals surface area contributed by atoms with Crippen LogP contribution >= 0.6 is 11.6 Å². The Morgan fingerprint density at radius 3 is 2.89 bits per heavy atom. The number of rotatable bonds is 7. The lowest BCUT2D eigenvalue weighted by atomic mass is 9.99. The van der Waals surface area contributed by atoms with Gasteiger partial charge in [0.2, 0.25) is 5.91 Å². The summed E-state index contributed by atoms with van der Waals surface area (Å²) >= 11 is 6.53. The predicted molar refractivity (Wildman–Crippen MR) is 147 cm³/mol. The number of benzene rings is 1. The normalized spacial score (nSPS) is 14.6. The van der Waals surface area contributed by atoms with Crippen LogP contribution in [0.1, 0.15) is 37.8 Å². The number of aryl methyl sites for hydroxylation is 1. The lowest BCUT2D eigenvalue weighted by Gasteiger charge is -2.13. The number of halogens is 1. The van der Waals surface area contributed by atoms with Crippen molar-refractivity contribution in [3.8, 4) is 0 Å². The summed E-state index contributed by atoms with van der Waals surface area (Å²) in [5, 5.41) is 14.1. The third kappa shape index (κ3) is 6.43. The number of allylic oxidation sites excluding steroid dienone is 4. The number of aromatic nitrogens is 3. The van der Waals surface area contributed by atoms with Crippen LogP contribution in [-0.4, -0.2) is 41.6 Å². The van der Waals surface area contributed by atoms with Crippen LogP contribution in [0.15, 0.2) is 59.9 Å². The summed E-state index contributed by atoms with van der Waals surface area (Å²) in [7, 11) is 3.86. The van der Waals surface area contributed by atoms with Gasteiger partial charge >= 0.3 is 0 Å². The SMILES string of the molecule is Bc1cnc(C2=C(Cl)CCC=C2)cc(NCCCNC(=O)C2=c3ccccc3=CCC2)n(C)nc1. The molecule has 6 nitrogen and oxygen atoms in total. The highest BCUT2D eigenvalue weighted by molar-refractivity contribution is 6.33. The summed E-state index contributed by atoms with van der Waals surface area (Å²) in [6.07, 6.45) is 14.2. The van der Waals surface area contributed by atoms with Crippen LogP contribution in [0.5, 0.6) is 0 Å². The summed E-state index contributed by atoms with van der Waals surface area (Å²) in [5.74, 6) is 0.840. The lowest BCUT2D eigenvalue weighted by Crippen LogP contribution is -2.36. The summed E-state index contributed by atoms with van der Waals surface area (Å²) < 4.78 is 1.79. The van der Waals surface area contributed by atoms with Crippen molar-refractivity contribution in [3.05, 3.63) is 76.0 Å². The highest BCUT2D eigenvalue weighted by Gasteiger charge is 2.13. The van der Waals surface area contributed by atoms with E-state index in [0.29, 0.717) is 13.1 Å². The Hall–Kier alpha value is -3.32. The summed E-state index contributed by atoms with van der Waals surface area (Å²) in [6.45, 7) is 1.26. The van der Waals surface area contributed by atoms with E-state index in [4.69, 9.17) is 11.6 Å². The van der Waals surface area contributed by atoms with E-state index in [2.05, 4.69) is 38.9 Å². The number of nitrogens with one attached hydrogen (secondary N) is 2. The monoisotopic (exact) mass is 487 g/mol. The van der Waals surface area contributed by atoms with Gasteiger partial charge in [-0.1, -0.05) is 59.6 Å². The first kappa shape index (κ1) is 24.8. The van der Waals surface area contributed by atoms with Gasteiger partial charge in [0, 0.05) is 54.8 Å². The van der Waals surface area contributed by atoms with Crippen molar-refractivity contribution >= 4 is 53.9 Å². The first-order chi connectivity index (χ1) is 17.0. The van der Waals surface area contributed by atoms with E-state index in [9.17, 15) is 4.79 Å². The fraction of sp³-hybridized carbons (Fsp3) is 0.296. The molecule has 35 heavy (non-hydrogen) atoms. The lowest BCUT2D eigenvalue weighted by molar-refractivity contribution is -0.115. The van der Waals surface area contributed by atoms with Crippen molar-refractivity contribution in [2.45, 2.75) is 32.1 Å². The smallest absolute Gasteiger partial charge is 0.247 e. The van der Waals surface area contributed by atoms with E-state index >= 15 is 0 Å². The largest absolute Gasteiger partial charge is 0.370 e. The van der Waals surface area contributed by atoms with E-state index in [-0.39, 0.29) is 5.91 Å². The molecular formula is C27H31BClN5O. The topological polar surface area (TPSA) is 71.8 Å². The van der Waals surface area contributed by atoms with Gasteiger partial charge in [0.1, 0.15) is 13.7 Å². The minimum atomic E-state index is 0.0237. The van der Waals surface area contributed by atoms with E-state index < -0.39 is 0 Å². The standard InChI is InChI=1S/C27H31BClN5O/c1-34-26(16-25(32-17-20(28)18-33-34)23-11-4-5-13-24(23)29)30-14-7-15-31-27(35)22-12-6-9-19-8-2-3-10-21(19)22/h2-4,8-11,16-18,30H,5-7,12-15,28H2,1H3,(H,31,35). The number of hydrogen-bond donors (Lipinski definition) is 2. The molecule has 0 bridgehead atoms. The van der Waals surface area contributed by atoms with Crippen LogP contribution in [-0.2, 0) is 11.8 Å². The summed E-state index contributed by atoms with van der Waals surface area (Å²) in [4.78, 5) is 17.5. The van der Waals surface area contributed by atoms with Gasteiger partial charge in [-0.05, 0) is 42.5 Å². The molecule has 2 aliphatic rings. The number of amides is 1. The number of carbonyl (C=O) groups excluding carboxylic acids is 1. The van der Waals surface area contributed by atoms with Gasteiger partial charge in [0.15, 0.2) is 0 Å². The molecule has 4 rings (SSSR count). The first-order valence-corrected chi connectivity index (χ1v) is 12.5. The van der Waals surface area contributed by atoms with Crippen molar-refractivity contribution in [1.29, 1.82) is 0 Å². The number of fused-ring (bicyclic) bond motifs is 1. The molecule has 1 aromatic heterocycles. The number of hydrogen-bond acceptors (Lipinski definition) is 4. The first-order valence-electron chi connectivity index (χ1n) is 12.1. The summed E-state index contributed by atoms with van der Waals surface area (Å²) in [6, 6.07) is 10.1. The Labute approximate surface area is 212 Å². The zero-order valence-corrected chi connectivity index (χ0v) is 21.1. The van der Waals surface area contributed by atoms with Crippen molar-refractivity contribution in [3.63, 3.8) is 0 Å². The van der Waals surface area contributed by atoms with Gasteiger partial charge in [-0.2, -0.15) is 5.10 Å². The molecule has 0 spiro atoms. The molecule has 0 radical (unpaired) electrons. The molecule has 1 aromatic carbocycles. The van der Waals surface area contributed by atoms with E-state index in [0.717, 1.165) is 75.7 Å². The van der Waals surface area contributed by atoms with Gasteiger partial charge in [0.25, 0.3) is 0 Å². The third-order valence-corrected chi connectivity index (χ3v) is 6.50. The molecular weight excluding hydrogens is 457 g/mol. The fourth-order valence-corrected chi connectivity index (χ4v) is 4.45. The van der Waals surface area contributed by atoms with Gasteiger partial charge in [0.05, 0.1) is 5.69 Å². The van der Waals surface area contributed by atoms with Crippen LogP contribution in [0.2, 0.25) is 0 Å². The second-order valence-corrected chi connectivity index (χ2v) is 9.25. The molecule has 2 aromatic rings. The van der Waals surface area contributed by atoms with Crippen LogP contribution < -0.4 is 26.5 Å². The van der Waals surface area contributed by atoms with Crippen LogP contribution in [0.25, 0.3) is 17.2 Å². The Bertz CT molecular complexity index is 1340. The quantitative estimate of drug-likeness (QED) is 0.462. The van der Waals surface area contributed by atoms with Crippen molar-refractivity contribution in [1.82, 2.24) is 20.1 Å². The maximum atomic E-state index is 12.8. The zero-order valence-electron chi connectivity index (χ0n) is 20.4. The maximum absolute atomic E-state index is 12.8. The Morgan fingerprint density at radius 2 is 2.03 bits per heavy atom. The Balaban J connectivity index is 1.44. The average Bonchev–Trinajstić information content (AvgIpc) is 2.94.